The Bertz CT molecular complexity index is 751. The molecular formula is C15H14BrN3O4. The third kappa shape index (κ3) is 3.84. The van der Waals surface area contributed by atoms with E-state index >= 15 is 0 Å². The van der Waals surface area contributed by atoms with Crippen molar-refractivity contribution in [1.82, 2.24) is 4.98 Å². The van der Waals surface area contributed by atoms with Gasteiger partial charge in [0.1, 0.15) is 0 Å². The van der Waals surface area contributed by atoms with Crippen molar-refractivity contribution in [3.8, 4) is 0 Å². The van der Waals surface area contributed by atoms with Crippen LogP contribution in [-0.4, -0.2) is 23.0 Å². The van der Waals surface area contributed by atoms with Crippen molar-refractivity contribution in [3.63, 3.8) is 0 Å². The Morgan fingerprint density at radius 1 is 1.43 bits per heavy atom. The Hall–Kier alpha value is -2.48. The maximum absolute atomic E-state index is 11.5. The van der Waals surface area contributed by atoms with E-state index in [-0.39, 0.29) is 23.1 Å². The number of benzene rings is 1. The number of halogens is 1. The number of esters is 1. The molecule has 1 aromatic carbocycles. The number of aromatic nitrogens is 1. The number of methoxy groups -OCH3 is 1. The van der Waals surface area contributed by atoms with Crippen LogP contribution < -0.4 is 5.32 Å². The van der Waals surface area contributed by atoms with E-state index in [4.69, 9.17) is 0 Å². The highest BCUT2D eigenvalue weighted by atomic mass is 79.9. The predicted molar refractivity (Wildman–Crippen MR) is 88.4 cm³/mol. The fourth-order valence-electron chi connectivity index (χ4n) is 2.04. The molecule has 23 heavy (non-hydrogen) atoms. The lowest BCUT2D eigenvalue weighted by atomic mass is 10.1. The molecule has 0 aliphatic carbocycles. The van der Waals surface area contributed by atoms with E-state index in [9.17, 15) is 14.9 Å². The molecule has 0 aliphatic rings. The van der Waals surface area contributed by atoms with Crippen LogP contribution in [0.5, 0.6) is 0 Å². The highest BCUT2D eigenvalue weighted by Crippen LogP contribution is 2.29. The summed E-state index contributed by atoms with van der Waals surface area (Å²) in [5.74, 6) is -0.586. The molecule has 1 unspecified atom stereocenters. The average Bonchev–Trinajstić information content (AvgIpc) is 2.54. The lowest BCUT2D eigenvalue weighted by Gasteiger charge is -2.16. The summed E-state index contributed by atoms with van der Waals surface area (Å²) in [7, 11) is 1.20. The molecule has 1 N–H and O–H groups in total. The number of anilines is 1. The zero-order chi connectivity index (χ0) is 17.0. The molecule has 0 saturated carbocycles. The fourth-order valence-corrected chi connectivity index (χ4v) is 2.67. The standard InChI is InChI=1S/C15H14BrN3O4/c1-9(11-5-3-4-6-12(11)16)18-14-13(19(21)22)7-10(8-17-14)15(20)23-2/h3-9H,1-2H3,(H,17,18). The van der Waals surface area contributed by atoms with Crippen molar-refractivity contribution in [2.45, 2.75) is 13.0 Å². The van der Waals surface area contributed by atoms with Crippen molar-refractivity contribution < 1.29 is 14.5 Å². The van der Waals surface area contributed by atoms with E-state index in [2.05, 4.69) is 31.0 Å². The van der Waals surface area contributed by atoms with Crippen LogP contribution in [0.3, 0.4) is 0 Å². The summed E-state index contributed by atoms with van der Waals surface area (Å²) in [6.45, 7) is 1.86. The van der Waals surface area contributed by atoms with Gasteiger partial charge in [0.05, 0.1) is 23.6 Å². The second-order valence-electron chi connectivity index (χ2n) is 4.73. The Labute approximate surface area is 141 Å². The monoisotopic (exact) mass is 379 g/mol. The first kappa shape index (κ1) is 16.9. The Balaban J connectivity index is 2.34. The van der Waals surface area contributed by atoms with Gasteiger partial charge in [0.25, 0.3) is 0 Å². The molecule has 0 aliphatic heterocycles. The largest absolute Gasteiger partial charge is 0.465 e. The molecule has 2 rings (SSSR count). The second kappa shape index (κ2) is 7.19. The molecule has 1 heterocycles. The highest BCUT2D eigenvalue weighted by Gasteiger charge is 2.21. The average molecular weight is 380 g/mol. The van der Waals surface area contributed by atoms with Crippen molar-refractivity contribution in [3.05, 3.63) is 62.2 Å². The molecule has 0 saturated heterocycles. The number of nitro groups is 1. The minimum atomic E-state index is -0.675. The van der Waals surface area contributed by atoms with E-state index in [0.717, 1.165) is 16.1 Å². The summed E-state index contributed by atoms with van der Waals surface area (Å²) in [4.78, 5) is 26.1. The number of pyridine rings is 1. The van der Waals surface area contributed by atoms with Crippen molar-refractivity contribution in [2.75, 3.05) is 12.4 Å². The van der Waals surface area contributed by atoms with Gasteiger partial charge in [-0.05, 0) is 18.6 Å². The molecular weight excluding hydrogens is 366 g/mol. The molecule has 0 spiro atoms. The van der Waals surface area contributed by atoms with E-state index < -0.39 is 10.9 Å². The van der Waals surface area contributed by atoms with Crippen LogP contribution in [-0.2, 0) is 4.74 Å². The molecule has 0 radical (unpaired) electrons. The molecule has 7 nitrogen and oxygen atoms in total. The summed E-state index contributed by atoms with van der Waals surface area (Å²) in [6.07, 6.45) is 1.24. The zero-order valence-corrected chi connectivity index (χ0v) is 14.0. The fraction of sp³-hybridized carbons (Fsp3) is 0.200. The highest BCUT2D eigenvalue weighted by molar-refractivity contribution is 9.10. The maximum Gasteiger partial charge on any atom is 0.339 e. The first-order valence-corrected chi connectivity index (χ1v) is 7.47. The first-order chi connectivity index (χ1) is 10.9. The Kier molecular flexibility index (Phi) is 5.28. The lowest BCUT2D eigenvalue weighted by molar-refractivity contribution is -0.384. The second-order valence-corrected chi connectivity index (χ2v) is 5.58. The van der Waals surface area contributed by atoms with E-state index in [1.54, 1.807) is 0 Å². The number of hydrogen-bond acceptors (Lipinski definition) is 6. The Morgan fingerprint density at radius 2 is 2.13 bits per heavy atom. The third-order valence-corrected chi connectivity index (χ3v) is 3.93. The smallest absolute Gasteiger partial charge is 0.339 e. The van der Waals surface area contributed by atoms with Crippen LogP contribution in [0.25, 0.3) is 0 Å². The topological polar surface area (TPSA) is 94.4 Å². The van der Waals surface area contributed by atoms with E-state index in [1.807, 2.05) is 31.2 Å². The minimum Gasteiger partial charge on any atom is -0.465 e. The van der Waals surface area contributed by atoms with Gasteiger partial charge in [0, 0.05) is 16.7 Å². The van der Waals surface area contributed by atoms with E-state index in [0.29, 0.717) is 0 Å². The van der Waals surface area contributed by atoms with Crippen LogP contribution in [0.1, 0.15) is 28.9 Å². The lowest BCUT2D eigenvalue weighted by Crippen LogP contribution is -2.12. The number of rotatable bonds is 5. The maximum atomic E-state index is 11.5. The van der Waals surface area contributed by atoms with Gasteiger partial charge in [-0.15, -0.1) is 0 Å². The van der Waals surface area contributed by atoms with Gasteiger partial charge in [-0.2, -0.15) is 0 Å². The molecule has 1 atom stereocenters. The van der Waals surface area contributed by atoms with Gasteiger partial charge >= 0.3 is 11.7 Å². The van der Waals surface area contributed by atoms with Crippen LogP contribution >= 0.6 is 15.9 Å². The van der Waals surface area contributed by atoms with Crippen molar-refractivity contribution in [1.29, 1.82) is 0 Å². The molecule has 8 heteroatoms. The molecule has 0 amide bonds. The number of hydrogen-bond donors (Lipinski definition) is 1. The van der Waals surface area contributed by atoms with Crippen molar-refractivity contribution in [2.24, 2.45) is 0 Å². The van der Waals surface area contributed by atoms with Crippen LogP contribution in [0, 0.1) is 10.1 Å². The van der Waals surface area contributed by atoms with Gasteiger partial charge in [-0.1, -0.05) is 34.1 Å². The number of carbonyl (C=O) groups excluding carboxylic acids is 1. The van der Waals surface area contributed by atoms with Gasteiger partial charge < -0.3 is 10.1 Å². The zero-order valence-electron chi connectivity index (χ0n) is 12.4. The molecule has 2 aromatic rings. The minimum absolute atomic E-state index is 0.0262. The summed E-state index contributed by atoms with van der Waals surface area (Å²) in [6, 6.07) is 8.47. The van der Waals surface area contributed by atoms with Crippen LogP contribution in [0.2, 0.25) is 0 Å². The van der Waals surface area contributed by atoms with Crippen molar-refractivity contribution >= 4 is 33.4 Å². The van der Waals surface area contributed by atoms with Gasteiger partial charge in [-0.25, -0.2) is 9.78 Å². The first-order valence-electron chi connectivity index (χ1n) is 6.67. The number of carbonyl (C=O) groups is 1. The quantitative estimate of drug-likeness (QED) is 0.483. The normalized spacial score (nSPS) is 11.6. The summed E-state index contributed by atoms with van der Waals surface area (Å²) < 4.78 is 5.43. The SMILES string of the molecule is COC(=O)c1cnc(NC(C)c2ccccc2Br)c([N+](=O)[O-])c1. The Morgan fingerprint density at radius 3 is 2.74 bits per heavy atom. The molecule has 1 aromatic heterocycles. The number of ether oxygens (including phenoxy) is 1. The predicted octanol–water partition coefficient (Wildman–Crippen LogP) is 3.71. The molecule has 0 fully saturated rings. The summed E-state index contributed by atoms with van der Waals surface area (Å²) in [5.41, 5.74) is 0.672. The van der Waals surface area contributed by atoms with Crippen LogP contribution in [0.4, 0.5) is 11.5 Å². The van der Waals surface area contributed by atoms with Crippen LogP contribution in [0.15, 0.2) is 41.0 Å². The summed E-state index contributed by atoms with van der Waals surface area (Å²) in [5, 5.41) is 14.2. The number of nitrogens with zero attached hydrogens (tertiary/aromatic N) is 2. The summed E-state index contributed by atoms with van der Waals surface area (Å²) >= 11 is 3.44. The van der Waals surface area contributed by atoms with Gasteiger partial charge in [-0.3, -0.25) is 10.1 Å². The van der Waals surface area contributed by atoms with Gasteiger partial charge in [0.15, 0.2) is 0 Å². The molecule has 0 bridgehead atoms. The van der Waals surface area contributed by atoms with Gasteiger partial charge in [0.2, 0.25) is 5.82 Å². The van der Waals surface area contributed by atoms with E-state index in [1.165, 1.54) is 13.3 Å². The number of nitrogens with one attached hydrogen (secondary N) is 1. The molecule has 120 valence electrons. The third-order valence-electron chi connectivity index (χ3n) is 3.21.